The molecule has 0 bridgehead atoms. The Bertz CT molecular complexity index is 559. The summed E-state index contributed by atoms with van der Waals surface area (Å²) in [5.41, 5.74) is 0.278. The fourth-order valence-corrected chi connectivity index (χ4v) is 1.91. The minimum absolute atomic E-state index is 0.204. The summed E-state index contributed by atoms with van der Waals surface area (Å²) < 4.78 is 12.9. The van der Waals surface area contributed by atoms with Gasteiger partial charge in [0.1, 0.15) is 5.82 Å². The van der Waals surface area contributed by atoms with Crippen molar-refractivity contribution < 1.29 is 9.18 Å². The van der Waals surface area contributed by atoms with Crippen LogP contribution in [0.3, 0.4) is 0 Å². The van der Waals surface area contributed by atoms with Crippen molar-refractivity contribution in [3.63, 3.8) is 0 Å². The summed E-state index contributed by atoms with van der Waals surface area (Å²) >= 11 is 1.13. The summed E-state index contributed by atoms with van der Waals surface area (Å²) in [6.45, 7) is 2.61. The van der Waals surface area contributed by atoms with Gasteiger partial charge in [-0.3, -0.25) is 9.78 Å². The van der Waals surface area contributed by atoms with Crippen LogP contribution >= 0.6 is 11.3 Å². The number of carbonyl (C=O) groups is 1. The molecule has 0 spiro atoms. The van der Waals surface area contributed by atoms with Gasteiger partial charge in [0.05, 0.1) is 18.1 Å². The van der Waals surface area contributed by atoms with Crippen molar-refractivity contribution in [1.82, 2.24) is 15.2 Å². The maximum absolute atomic E-state index is 12.9. The number of aromatic nitrogens is 3. The van der Waals surface area contributed by atoms with E-state index in [-0.39, 0.29) is 10.7 Å². The van der Waals surface area contributed by atoms with E-state index in [4.69, 9.17) is 0 Å². The van der Waals surface area contributed by atoms with Crippen LogP contribution in [-0.4, -0.2) is 27.6 Å². The first-order valence-corrected chi connectivity index (χ1v) is 6.00. The zero-order valence-corrected chi connectivity index (χ0v) is 10.3. The second-order valence-corrected chi connectivity index (χ2v) is 4.27. The van der Waals surface area contributed by atoms with Gasteiger partial charge in [-0.2, -0.15) is 0 Å². The summed E-state index contributed by atoms with van der Waals surface area (Å²) in [5, 5.41) is 13.7. The van der Waals surface area contributed by atoms with Crippen molar-refractivity contribution in [2.24, 2.45) is 0 Å². The van der Waals surface area contributed by atoms with Gasteiger partial charge in [0.2, 0.25) is 10.1 Å². The molecule has 94 valence electrons. The van der Waals surface area contributed by atoms with Crippen LogP contribution in [0.1, 0.15) is 16.7 Å². The highest BCUT2D eigenvalue weighted by Gasteiger charge is 2.13. The van der Waals surface area contributed by atoms with Crippen molar-refractivity contribution >= 4 is 28.1 Å². The lowest BCUT2D eigenvalue weighted by Crippen LogP contribution is -2.11. The highest BCUT2D eigenvalue weighted by Crippen LogP contribution is 2.16. The van der Waals surface area contributed by atoms with Crippen LogP contribution < -0.4 is 10.6 Å². The van der Waals surface area contributed by atoms with Crippen molar-refractivity contribution in [3.05, 3.63) is 29.3 Å². The van der Waals surface area contributed by atoms with Crippen molar-refractivity contribution in [2.45, 2.75) is 6.92 Å². The topological polar surface area (TPSA) is 79.8 Å². The third-order valence-electron chi connectivity index (χ3n) is 1.91. The Hall–Kier alpha value is -2.09. The van der Waals surface area contributed by atoms with Crippen LogP contribution in [0.4, 0.5) is 15.2 Å². The Morgan fingerprint density at radius 2 is 2.28 bits per heavy atom. The molecule has 0 aliphatic heterocycles. The SMILES string of the molecule is CCNc1nnc(C(=O)Nc2cncc(F)c2)s1. The summed E-state index contributed by atoms with van der Waals surface area (Å²) in [6, 6.07) is 1.18. The molecule has 6 nitrogen and oxygen atoms in total. The molecule has 0 aliphatic rings. The molecular weight excluding hydrogens is 257 g/mol. The average Bonchev–Trinajstić information content (AvgIpc) is 2.78. The molecule has 0 aromatic carbocycles. The van der Waals surface area contributed by atoms with Gasteiger partial charge < -0.3 is 10.6 Å². The van der Waals surface area contributed by atoms with E-state index < -0.39 is 11.7 Å². The van der Waals surface area contributed by atoms with Crippen LogP contribution in [0, 0.1) is 5.82 Å². The molecular formula is C10H10FN5OS. The van der Waals surface area contributed by atoms with Gasteiger partial charge in [0.15, 0.2) is 0 Å². The summed E-state index contributed by atoms with van der Waals surface area (Å²) in [7, 11) is 0. The van der Waals surface area contributed by atoms with Crippen LogP contribution in [0.25, 0.3) is 0 Å². The molecule has 0 atom stereocenters. The lowest BCUT2D eigenvalue weighted by Gasteiger charge is -2.01. The van der Waals surface area contributed by atoms with Gasteiger partial charge in [-0.15, -0.1) is 10.2 Å². The Morgan fingerprint density at radius 3 is 3.00 bits per heavy atom. The number of hydrogen-bond donors (Lipinski definition) is 2. The lowest BCUT2D eigenvalue weighted by molar-refractivity contribution is 0.102. The zero-order valence-electron chi connectivity index (χ0n) is 9.48. The molecule has 2 rings (SSSR count). The Morgan fingerprint density at radius 1 is 1.44 bits per heavy atom. The molecule has 0 unspecified atom stereocenters. The van der Waals surface area contributed by atoms with Crippen LogP contribution in [0.15, 0.2) is 18.5 Å². The number of pyridine rings is 1. The third-order valence-corrected chi connectivity index (χ3v) is 2.79. The number of nitrogens with one attached hydrogen (secondary N) is 2. The van der Waals surface area contributed by atoms with Gasteiger partial charge in [0.25, 0.3) is 5.91 Å². The summed E-state index contributed by atoms with van der Waals surface area (Å²) in [5.74, 6) is -0.956. The van der Waals surface area contributed by atoms with E-state index in [2.05, 4.69) is 25.8 Å². The number of carbonyl (C=O) groups excluding carboxylic acids is 1. The standard InChI is InChI=1S/C10H10FN5OS/c1-2-13-10-16-15-9(18-10)8(17)14-7-3-6(11)4-12-5-7/h3-5H,2H2,1H3,(H,13,16)(H,14,17). The van der Waals surface area contributed by atoms with E-state index in [9.17, 15) is 9.18 Å². The maximum atomic E-state index is 12.9. The summed E-state index contributed by atoms with van der Waals surface area (Å²) in [4.78, 5) is 15.4. The van der Waals surface area contributed by atoms with E-state index in [0.717, 1.165) is 17.5 Å². The van der Waals surface area contributed by atoms with Crippen LogP contribution in [-0.2, 0) is 0 Å². The van der Waals surface area contributed by atoms with Crippen LogP contribution in [0.5, 0.6) is 0 Å². The predicted molar refractivity (Wildman–Crippen MR) is 66.2 cm³/mol. The number of amides is 1. The molecule has 0 aliphatic carbocycles. The first-order valence-electron chi connectivity index (χ1n) is 5.18. The molecule has 2 aromatic heterocycles. The second-order valence-electron chi connectivity index (χ2n) is 3.29. The zero-order chi connectivity index (χ0) is 13.0. The molecule has 0 saturated heterocycles. The Balaban J connectivity index is 2.07. The first-order chi connectivity index (χ1) is 8.69. The summed E-state index contributed by atoms with van der Waals surface area (Å²) in [6.07, 6.45) is 2.41. The third kappa shape index (κ3) is 2.98. The van der Waals surface area contributed by atoms with E-state index in [1.165, 1.54) is 12.3 Å². The largest absolute Gasteiger partial charge is 0.360 e. The molecule has 0 saturated carbocycles. The van der Waals surface area contributed by atoms with Crippen LogP contribution in [0.2, 0.25) is 0 Å². The smallest absolute Gasteiger partial charge is 0.286 e. The van der Waals surface area contributed by atoms with Crippen molar-refractivity contribution in [2.75, 3.05) is 17.2 Å². The highest BCUT2D eigenvalue weighted by atomic mass is 32.1. The monoisotopic (exact) mass is 267 g/mol. The second kappa shape index (κ2) is 5.50. The maximum Gasteiger partial charge on any atom is 0.286 e. The van der Waals surface area contributed by atoms with Crippen molar-refractivity contribution in [3.8, 4) is 0 Å². The number of hydrogen-bond acceptors (Lipinski definition) is 6. The molecule has 0 fully saturated rings. The fraction of sp³-hybridized carbons (Fsp3) is 0.200. The van der Waals surface area contributed by atoms with E-state index in [1.54, 1.807) is 0 Å². The van der Waals surface area contributed by atoms with E-state index in [0.29, 0.717) is 11.7 Å². The molecule has 1 amide bonds. The van der Waals surface area contributed by atoms with Crippen molar-refractivity contribution in [1.29, 1.82) is 0 Å². The van der Waals surface area contributed by atoms with Gasteiger partial charge in [-0.1, -0.05) is 11.3 Å². The quantitative estimate of drug-likeness (QED) is 0.882. The molecule has 18 heavy (non-hydrogen) atoms. The predicted octanol–water partition coefficient (Wildman–Crippen LogP) is 1.76. The molecule has 2 heterocycles. The Kier molecular flexibility index (Phi) is 3.78. The van der Waals surface area contributed by atoms with Gasteiger partial charge in [-0.05, 0) is 6.92 Å². The highest BCUT2D eigenvalue weighted by molar-refractivity contribution is 7.17. The number of halogens is 1. The van der Waals surface area contributed by atoms with E-state index in [1.807, 2.05) is 6.92 Å². The number of anilines is 2. The minimum Gasteiger partial charge on any atom is -0.360 e. The number of rotatable bonds is 4. The average molecular weight is 267 g/mol. The van der Waals surface area contributed by atoms with Gasteiger partial charge >= 0.3 is 0 Å². The van der Waals surface area contributed by atoms with Gasteiger partial charge in [-0.25, -0.2) is 4.39 Å². The molecule has 0 radical (unpaired) electrons. The molecule has 2 N–H and O–H groups in total. The molecule has 2 aromatic rings. The minimum atomic E-state index is -0.515. The van der Waals surface area contributed by atoms with Gasteiger partial charge in [0, 0.05) is 12.6 Å². The fourth-order valence-electron chi connectivity index (χ4n) is 1.20. The molecule has 8 heteroatoms. The van der Waals surface area contributed by atoms with E-state index >= 15 is 0 Å². The number of nitrogens with zero attached hydrogens (tertiary/aromatic N) is 3. The first kappa shape index (κ1) is 12.4. The Labute approximate surface area is 106 Å². The normalized spacial score (nSPS) is 10.1. The lowest BCUT2D eigenvalue weighted by atomic mass is 10.4.